The average molecular weight is 443 g/mol. The van der Waals surface area contributed by atoms with Crippen LogP contribution in [0.5, 0.6) is 0 Å². The minimum atomic E-state index is -0.701. The number of rotatable bonds is 6. The lowest BCUT2D eigenvalue weighted by molar-refractivity contribution is -0.133. The van der Waals surface area contributed by atoms with Crippen LogP contribution in [0, 0.1) is 12.3 Å². The third kappa shape index (κ3) is 4.95. The monoisotopic (exact) mass is 442 g/mol. The number of carbonyl (C=O) groups excluding carboxylic acids is 2. The van der Waals surface area contributed by atoms with Crippen LogP contribution in [0.4, 0.5) is 0 Å². The summed E-state index contributed by atoms with van der Waals surface area (Å²) in [5.74, 6) is -0.177. The van der Waals surface area contributed by atoms with Gasteiger partial charge < -0.3 is 10.2 Å². The molecule has 6 nitrogen and oxygen atoms in total. The van der Waals surface area contributed by atoms with Crippen molar-refractivity contribution in [1.82, 2.24) is 20.2 Å². The first-order chi connectivity index (χ1) is 16.0. The predicted octanol–water partition coefficient (Wildman–Crippen LogP) is 4.05. The van der Waals surface area contributed by atoms with E-state index in [0.717, 1.165) is 29.5 Å². The zero-order chi connectivity index (χ0) is 23.3. The lowest BCUT2D eigenvalue weighted by atomic mass is 9.73. The fraction of sp³-hybridized carbons (Fsp3) is 0.333. The molecule has 0 spiro atoms. The van der Waals surface area contributed by atoms with Crippen LogP contribution >= 0.6 is 0 Å². The number of nitrogens with zero attached hydrogens (tertiary/aromatic N) is 3. The standard InChI is InChI=1S/C27H30N4O2/c1-3-29-26(33)27(13-6-16-31(19-27)25(32)24-18-28-14-15-30-24)17-22-7-4-5-8-23(22)21-11-9-20(2)10-12-21/h4-5,7-12,14-15,18H,3,6,13,16-17,19H2,1-2H3,(H,29,33)/t27-/m1/s1. The molecule has 0 saturated carbocycles. The Bertz CT molecular complexity index is 1110. The molecule has 1 aromatic heterocycles. The molecular formula is C27H30N4O2. The normalized spacial score (nSPS) is 18.1. The summed E-state index contributed by atoms with van der Waals surface area (Å²) in [4.78, 5) is 36.5. The molecule has 3 aromatic rings. The van der Waals surface area contributed by atoms with Gasteiger partial charge in [0.15, 0.2) is 0 Å². The molecule has 0 bridgehead atoms. The van der Waals surface area contributed by atoms with Crippen molar-refractivity contribution in [1.29, 1.82) is 0 Å². The summed E-state index contributed by atoms with van der Waals surface area (Å²) in [7, 11) is 0. The maximum Gasteiger partial charge on any atom is 0.274 e. The van der Waals surface area contributed by atoms with E-state index in [1.165, 1.54) is 18.0 Å². The van der Waals surface area contributed by atoms with Crippen molar-refractivity contribution < 1.29 is 9.59 Å². The Hall–Kier alpha value is -3.54. The first-order valence-corrected chi connectivity index (χ1v) is 11.5. The van der Waals surface area contributed by atoms with Gasteiger partial charge in [-0.05, 0) is 49.8 Å². The highest BCUT2D eigenvalue weighted by Gasteiger charge is 2.44. The summed E-state index contributed by atoms with van der Waals surface area (Å²) in [5.41, 5.74) is 4.18. The Labute approximate surface area is 195 Å². The summed E-state index contributed by atoms with van der Waals surface area (Å²) in [5, 5.41) is 3.04. The van der Waals surface area contributed by atoms with E-state index < -0.39 is 5.41 Å². The molecule has 33 heavy (non-hydrogen) atoms. The number of hydrogen-bond acceptors (Lipinski definition) is 4. The van der Waals surface area contributed by atoms with Crippen molar-refractivity contribution in [3.63, 3.8) is 0 Å². The summed E-state index contributed by atoms with van der Waals surface area (Å²) in [6.07, 6.45) is 6.60. The Morgan fingerprint density at radius 3 is 2.61 bits per heavy atom. The minimum absolute atomic E-state index is 0.000329. The van der Waals surface area contributed by atoms with Crippen LogP contribution in [0.1, 0.15) is 41.4 Å². The molecule has 2 aromatic carbocycles. The number of amides is 2. The summed E-state index contributed by atoms with van der Waals surface area (Å²) < 4.78 is 0. The number of nitrogens with one attached hydrogen (secondary N) is 1. The van der Waals surface area contributed by atoms with E-state index in [1.807, 2.05) is 19.1 Å². The van der Waals surface area contributed by atoms with Gasteiger partial charge in [-0.3, -0.25) is 14.6 Å². The maximum atomic E-state index is 13.4. The van der Waals surface area contributed by atoms with E-state index in [2.05, 4.69) is 58.6 Å². The SMILES string of the molecule is CCNC(=O)[C@@]1(Cc2ccccc2-c2ccc(C)cc2)CCCN(C(=O)c2cnccn2)C1. The Kier molecular flexibility index (Phi) is 6.82. The van der Waals surface area contributed by atoms with Crippen LogP contribution in [0.3, 0.4) is 0 Å². The third-order valence-corrected chi connectivity index (χ3v) is 6.37. The van der Waals surface area contributed by atoms with E-state index in [-0.39, 0.29) is 11.8 Å². The van der Waals surface area contributed by atoms with E-state index in [9.17, 15) is 9.59 Å². The second-order valence-electron chi connectivity index (χ2n) is 8.76. The molecule has 1 N–H and O–H groups in total. The quantitative estimate of drug-likeness (QED) is 0.625. The van der Waals surface area contributed by atoms with Crippen LogP contribution < -0.4 is 5.32 Å². The first-order valence-electron chi connectivity index (χ1n) is 11.5. The fourth-order valence-corrected chi connectivity index (χ4v) is 4.69. The molecule has 1 atom stereocenters. The Morgan fingerprint density at radius 1 is 1.09 bits per heavy atom. The summed E-state index contributed by atoms with van der Waals surface area (Å²) in [6.45, 7) is 5.52. The largest absolute Gasteiger partial charge is 0.356 e. The number of benzene rings is 2. The third-order valence-electron chi connectivity index (χ3n) is 6.37. The van der Waals surface area contributed by atoms with Crippen molar-refractivity contribution in [2.75, 3.05) is 19.6 Å². The van der Waals surface area contributed by atoms with Crippen LogP contribution in [-0.2, 0) is 11.2 Å². The lowest BCUT2D eigenvalue weighted by Crippen LogP contribution is -2.54. The van der Waals surface area contributed by atoms with Gasteiger partial charge in [-0.25, -0.2) is 4.98 Å². The van der Waals surface area contributed by atoms with Gasteiger partial charge >= 0.3 is 0 Å². The van der Waals surface area contributed by atoms with Crippen LogP contribution in [-0.4, -0.2) is 46.3 Å². The highest BCUT2D eigenvalue weighted by molar-refractivity contribution is 5.93. The zero-order valence-corrected chi connectivity index (χ0v) is 19.3. The van der Waals surface area contributed by atoms with E-state index >= 15 is 0 Å². The highest BCUT2D eigenvalue weighted by atomic mass is 16.2. The van der Waals surface area contributed by atoms with Gasteiger partial charge in [-0.1, -0.05) is 54.1 Å². The summed E-state index contributed by atoms with van der Waals surface area (Å²) in [6, 6.07) is 16.7. The second kappa shape index (κ2) is 9.94. The van der Waals surface area contributed by atoms with Gasteiger partial charge in [0.25, 0.3) is 5.91 Å². The molecule has 2 heterocycles. The van der Waals surface area contributed by atoms with Crippen molar-refractivity contribution in [3.05, 3.63) is 83.9 Å². The fourth-order valence-electron chi connectivity index (χ4n) is 4.69. The second-order valence-corrected chi connectivity index (χ2v) is 8.76. The molecule has 1 fully saturated rings. The number of hydrogen-bond donors (Lipinski definition) is 1. The molecule has 6 heteroatoms. The molecule has 1 aliphatic heterocycles. The molecule has 0 unspecified atom stereocenters. The number of likely N-dealkylation sites (tertiary alicyclic amines) is 1. The average Bonchev–Trinajstić information content (AvgIpc) is 2.85. The molecule has 170 valence electrons. The molecule has 1 saturated heterocycles. The van der Waals surface area contributed by atoms with E-state index in [4.69, 9.17) is 0 Å². The number of aryl methyl sites for hydroxylation is 1. The zero-order valence-electron chi connectivity index (χ0n) is 19.3. The highest BCUT2D eigenvalue weighted by Crippen LogP contribution is 2.37. The van der Waals surface area contributed by atoms with Crippen LogP contribution in [0.2, 0.25) is 0 Å². The lowest BCUT2D eigenvalue weighted by Gasteiger charge is -2.42. The smallest absolute Gasteiger partial charge is 0.274 e. The van der Waals surface area contributed by atoms with E-state index in [0.29, 0.717) is 31.7 Å². The van der Waals surface area contributed by atoms with Crippen molar-refractivity contribution in [2.45, 2.75) is 33.1 Å². The van der Waals surface area contributed by atoms with Gasteiger partial charge in [0.05, 0.1) is 11.6 Å². The molecule has 2 amide bonds. The van der Waals surface area contributed by atoms with Gasteiger partial charge in [-0.15, -0.1) is 0 Å². The van der Waals surface area contributed by atoms with E-state index in [1.54, 1.807) is 11.1 Å². The van der Waals surface area contributed by atoms with Gasteiger partial charge in [-0.2, -0.15) is 0 Å². The Morgan fingerprint density at radius 2 is 1.88 bits per heavy atom. The summed E-state index contributed by atoms with van der Waals surface area (Å²) >= 11 is 0. The number of carbonyl (C=O) groups is 2. The van der Waals surface area contributed by atoms with Gasteiger partial charge in [0, 0.05) is 32.0 Å². The number of piperidine rings is 1. The number of aromatic nitrogens is 2. The van der Waals surface area contributed by atoms with Crippen LogP contribution in [0.25, 0.3) is 11.1 Å². The van der Waals surface area contributed by atoms with Gasteiger partial charge in [0.1, 0.15) is 5.69 Å². The van der Waals surface area contributed by atoms with Crippen LogP contribution in [0.15, 0.2) is 67.1 Å². The predicted molar refractivity (Wildman–Crippen MR) is 129 cm³/mol. The molecule has 4 rings (SSSR count). The molecular weight excluding hydrogens is 412 g/mol. The maximum absolute atomic E-state index is 13.4. The van der Waals surface area contributed by atoms with Crippen molar-refractivity contribution in [3.8, 4) is 11.1 Å². The topological polar surface area (TPSA) is 75.2 Å². The first kappa shape index (κ1) is 22.6. The van der Waals surface area contributed by atoms with Crippen molar-refractivity contribution in [2.24, 2.45) is 5.41 Å². The molecule has 1 aliphatic rings. The minimum Gasteiger partial charge on any atom is -0.356 e. The van der Waals surface area contributed by atoms with Gasteiger partial charge in [0.2, 0.25) is 5.91 Å². The Balaban J connectivity index is 1.68. The van der Waals surface area contributed by atoms with Crippen molar-refractivity contribution >= 4 is 11.8 Å². The molecule has 0 aliphatic carbocycles. The molecule has 0 radical (unpaired) electrons.